The maximum atomic E-state index is 14.1. The molecule has 10 unspecified atom stereocenters. The normalized spacial score (nSPS) is 20.5. The van der Waals surface area contributed by atoms with Crippen LogP contribution in [0.2, 0.25) is 0 Å². The van der Waals surface area contributed by atoms with E-state index in [-0.39, 0.29) is 51.2 Å². The number of rotatable bonds is 29. The first-order valence-corrected chi connectivity index (χ1v) is 25.6. The van der Waals surface area contributed by atoms with Gasteiger partial charge in [0.2, 0.25) is 53.2 Å². The zero-order valence-corrected chi connectivity index (χ0v) is 42.0. The number of primary amides is 1. The van der Waals surface area contributed by atoms with Crippen LogP contribution in [0.15, 0.2) is 0 Å². The number of carboxylic acid groups (broad SMARTS) is 3. The van der Waals surface area contributed by atoms with E-state index in [1.807, 2.05) is 6.26 Å². The van der Waals surface area contributed by atoms with Gasteiger partial charge >= 0.3 is 17.9 Å². The number of carboxylic acids is 3. The van der Waals surface area contributed by atoms with Gasteiger partial charge in [-0.15, -0.1) is 0 Å². The Morgan fingerprint density at radius 1 is 0.583 bits per heavy atom. The van der Waals surface area contributed by atoms with Crippen LogP contribution in [-0.2, 0) is 57.5 Å². The summed E-state index contributed by atoms with van der Waals surface area (Å²) in [6.45, 7) is 4.98. The lowest BCUT2D eigenvalue weighted by Crippen LogP contribution is -2.61. The van der Waals surface area contributed by atoms with E-state index in [1.165, 1.54) is 33.4 Å². The molecule has 13 N–H and O–H groups in total. The van der Waals surface area contributed by atoms with Crippen molar-refractivity contribution in [2.24, 2.45) is 17.4 Å². The number of aliphatic carboxylic acids is 3. The van der Waals surface area contributed by atoms with Crippen LogP contribution in [0.1, 0.15) is 111 Å². The van der Waals surface area contributed by atoms with Gasteiger partial charge in [-0.05, 0) is 95.5 Å². The summed E-state index contributed by atoms with van der Waals surface area (Å²) in [6, 6.07) is -12.2. The van der Waals surface area contributed by atoms with E-state index in [4.69, 9.17) is 11.5 Å². The summed E-state index contributed by atoms with van der Waals surface area (Å²) in [6.07, 6.45) is -1.05. The lowest BCUT2D eigenvalue weighted by molar-refractivity contribution is -0.152. The first kappa shape index (κ1) is 60.2. The molecule has 9 amide bonds. The number of hydrogen-bond donors (Lipinski definition) is 11. The minimum Gasteiger partial charge on any atom is -0.481 e. The summed E-state index contributed by atoms with van der Waals surface area (Å²) >= 11 is 1.46. The third-order valence-electron chi connectivity index (χ3n) is 12.7. The van der Waals surface area contributed by atoms with E-state index in [2.05, 4.69) is 26.6 Å². The van der Waals surface area contributed by atoms with Gasteiger partial charge in [-0.25, -0.2) is 4.79 Å². The zero-order chi connectivity index (χ0) is 54.0. The lowest BCUT2D eigenvalue weighted by Gasteiger charge is -2.33. The summed E-state index contributed by atoms with van der Waals surface area (Å²) in [5, 5.41) is 51.6. The van der Waals surface area contributed by atoms with Crippen LogP contribution in [0.4, 0.5) is 0 Å². The average molecular weight is 1040 g/mol. The molecule has 0 aromatic carbocycles. The fraction of sp³-hybridized carbons (Fsp3) is 0.733. The highest BCUT2D eigenvalue weighted by Gasteiger charge is 2.45. The van der Waals surface area contributed by atoms with Crippen LogP contribution in [0.5, 0.6) is 0 Å². The molecule has 0 aromatic heterocycles. The molecule has 0 saturated carbocycles. The number of thioether (sulfide) groups is 1. The molecule has 0 aromatic rings. The molecule has 0 spiro atoms. The molecule has 3 heterocycles. The lowest BCUT2D eigenvalue weighted by atomic mass is 10.0. The summed E-state index contributed by atoms with van der Waals surface area (Å²) in [4.78, 5) is 161. The Balaban J connectivity index is 1.85. The second kappa shape index (κ2) is 28.8. The number of likely N-dealkylation sites (tertiary alicyclic amines) is 3. The molecule has 0 bridgehead atoms. The van der Waals surface area contributed by atoms with Gasteiger partial charge in [0.1, 0.15) is 48.3 Å². The Labute approximate surface area is 421 Å². The van der Waals surface area contributed by atoms with E-state index >= 15 is 0 Å². The molecular formula is C45H72N10O16S. The summed E-state index contributed by atoms with van der Waals surface area (Å²) in [5.41, 5.74) is 11.4. The standard InChI is InChI=1S/C45H72N10O16S/c1-23(2)22-29(51-41(66)30-8-5-18-53(30)44(69)36(24(3)56)52-37(62)25(46)17-21-72-4)40(65)49-26(12-15-34(58)59)38(63)48-27(13-16-35(60)61)39(64)50-28(11-14-33(47)57)42(67)54-19-6-9-31(54)43(68)55-20-7-10-32(55)45(70)71/h23-32,36,56H,5-22,46H2,1-4H3,(H2,47,57)(H,48,63)(H,49,65)(H,50,64)(H,51,66)(H,52,62)(H,58,59)(H,60,61)(H,70,71). The van der Waals surface area contributed by atoms with Crippen molar-refractivity contribution in [1.29, 1.82) is 0 Å². The minimum absolute atomic E-state index is 0.0284. The number of amides is 9. The highest BCUT2D eigenvalue weighted by molar-refractivity contribution is 7.98. The third-order valence-corrected chi connectivity index (χ3v) is 13.3. The highest BCUT2D eigenvalue weighted by atomic mass is 32.2. The van der Waals surface area contributed by atoms with Crippen molar-refractivity contribution < 1.29 is 78.0 Å². The van der Waals surface area contributed by atoms with Gasteiger partial charge < -0.3 is 73.2 Å². The average Bonchev–Trinajstić information content (AvgIpc) is 4.12. The Kier molecular flexibility index (Phi) is 24.1. The van der Waals surface area contributed by atoms with Crippen LogP contribution in [0, 0.1) is 5.92 Å². The molecule has 72 heavy (non-hydrogen) atoms. The smallest absolute Gasteiger partial charge is 0.326 e. The van der Waals surface area contributed by atoms with Gasteiger partial charge in [-0.3, -0.25) is 52.7 Å². The Bertz CT molecular complexity index is 2010. The van der Waals surface area contributed by atoms with Crippen LogP contribution in [0.25, 0.3) is 0 Å². The first-order chi connectivity index (χ1) is 33.9. The van der Waals surface area contributed by atoms with Crippen molar-refractivity contribution >= 4 is 82.8 Å². The highest BCUT2D eigenvalue weighted by Crippen LogP contribution is 2.26. The van der Waals surface area contributed by atoms with Crippen molar-refractivity contribution in [3.8, 4) is 0 Å². The van der Waals surface area contributed by atoms with Crippen LogP contribution in [0.3, 0.4) is 0 Å². The largest absolute Gasteiger partial charge is 0.481 e. The SMILES string of the molecule is CSCCC(N)C(=O)NC(C(=O)N1CCCC1C(=O)NC(CC(C)C)C(=O)NC(CCC(=O)O)C(=O)NC(CCC(=O)O)C(=O)NC(CCC(N)=O)C(=O)N1CCCC1C(=O)N1CCCC1C(=O)O)C(C)O. The predicted molar refractivity (Wildman–Crippen MR) is 256 cm³/mol. The summed E-state index contributed by atoms with van der Waals surface area (Å²) in [5.74, 6) is -11.5. The van der Waals surface area contributed by atoms with Gasteiger partial charge in [0, 0.05) is 38.9 Å². The number of aliphatic hydroxyl groups excluding tert-OH is 1. The van der Waals surface area contributed by atoms with Crippen LogP contribution >= 0.6 is 11.8 Å². The maximum absolute atomic E-state index is 14.1. The van der Waals surface area contributed by atoms with Crippen LogP contribution < -0.4 is 38.1 Å². The van der Waals surface area contributed by atoms with Gasteiger partial charge in [-0.1, -0.05) is 13.8 Å². The fourth-order valence-electron chi connectivity index (χ4n) is 8.88. The molecule has 26 nitrogen and oxygen atoms in total. The molecule has 10 atom stereocenters. The van der Waals surface area contributed by atoms with Crippen molar-refractivity contribution in [3.05, 3.63) is 0 Å². The van der Waals surface area contributed by atoms with Gasteiger partial charge in [0.15, 0.2) is 0 Å². The summed E-state index contributed by atoms with van der Waals surface area (Å²) < 4.78 is 0. The molecule has 0 aliphatic carbocycles. The van der Waals surface area contributed by atoms with Crippen LogP contribution in [-0.4, -0.2) is 198 Å². The molecule has 3 aliphatic heterocycles. The van der Waals surface area contributed by atoms with E-state index in [9.17, 15) is 78.0 Å². The Morgan fingerprint density at radius 2 is 1.06 bits per heavy atom. The van der Waals surface area contributed by atoms with Crippen molar-refractivity contribution in [2.45, 2.75) is 171 Å². The third kappa shape index (κ3) is 17.9. The van der Waals surface area contributed by atoms with E-state index in [0.29, 0.717) is 31.4 Å². The maximum Gasteiger partial charge on any atom is 0.326 e. The van der Waals surface area contributed by atoms with Gasteiger partial charge in [0.25, 0.3) is 0 Å². The Morgan fingerprint density at radius 3 is 1.54 bits per heavy atom. The Hall–Kier alpha value is -6.09. The number of aliphatic hydroxyl groups is 1. The number of carbonyl (C=O) groups is 12. The number of nitrogens with two attached hydrogens (primary N) is 2. The second-order valence-corrected chi connectivity index (χ2v) is 19.8. The van der Waals surface area contributed by atoms with Crippen molar-refractivity contribution in [2.75, 3.05) is 31.6 Å². The van der Waals surface area contributed by atoms with Crippen molar-refractivity contribution in [3.63, 3.8) is 0 Å². The summed E-state index contributed by atoms with van der Waals surface area (Å²) in [7, 11) is 0. The van der Waals surface area contributed by atoms with E-state index in [1.54, 1.807) is 13.8 Å². The molecule has 404 valence electrons. The van der Waals surface area contributed by atoms with Gasteiger partial charge in [-0.2, -0.15) is 11.8 Å². The van der Waals surface area contributed by atoms with E-state index < -0.39 is 170 Å². The molecule has 3 aliphatic rings. The molecule has 27 heteroatoms. The second-order valence-electron chi connectivity index (χ2n) is 18.8. The number of nitrogens with one attached hydrogen (secondary N) is 5. The molecule has 3 fully saturated rings. The number of nitrogens with zero attached hydrogens (tertiary/aromatic N) is 3. The minimum atomic E-state index is -1.75. The van der Waals surface area contributed by atoms with Crippen molar-refractivity contribution in [1.82, 2.24) is 41.3 Å². The monoisotopic (exact) mass is 1040 g/mol. The molecular weight excluding hydrogens is 969 g/mol. The molecule has 3 rings (SSSR count). The fourth-order valence-corrected chi connectivity index (χ4v) is 9.37. The predicted octanol–water partition coefficient (Wildman–Crippen LogP) is -3.03. The first-order valence-electron chi connectivity index (χ1n) is 24.2. The topological polar surface area (TPSA) is 408 Å². The van der Waals surface area contributed by atoms with E-state index in [0.717, 1.165) is 0 Å². The number of hydrogen-bond acceptors (Lipinski definition) is 15. The van der Waals surface area contributed by atoms with Gasteiger partial charge in [0.05, 0.1) is 12.1 Å². The zero-order valence-electron chi connectivity index (χ0n) is 41.2. The quantitative estimate of drug-likeness (QED) is 0.0355. The molecule has 0 radical (unpaired) electrons. The number of carbonyl (C=O) groups excluding carboxylic acids is 9. The molecule has 3 saturated heterocycles.